The van der Waals surface area contributed by atoms with Gasteiger partial charge in [-0.05, 0) is 46.2 Å². The van der Waals surface area contributed by atoms with Gasteiger partial charge in [0.25, 0.3) is 0 Å². The molecule has 0 atom stereocenters. The first-order valence-electron chi connectivity index (χ1n) is 6.08. The highest BCUT2D eigenvalue weighted by atomic mass is 35.5. The van der Waals surface area contributed by atoms with Gasteiger partial charge in [0.05, 0.1) is 5.52 Å². The van der Waals surface area contributed by atoms with Crippen LogP contribution in [-0.2, 0) is 13.1 Å². The van der Waals surface area contributed by atoms with Crippen LogP contribution in [0, 0.1) is 0 Å². The number of hydrogen-bond donors (Lipinski definition) is 1. The molecule has 0 fully saturated rings. The van der Waals surface area contributed by atoms with Gasteiger partial charge in [-0.3, -0.25) is 4.98 Å². The molecule has 19 heavy (non-hydrogen) atoms. The van der Waals surface area contributed by atoms with Gasteiger partial charge < -0.3 is 5.32 Å². The minimum absolute atomic E-state index is 0.757. The van der Waals surface area contributed by atoms with Crippen LogP contribution in [0.1, 0.15) is 11.1 Å². The topological polar surface area (TPSA) is 24.9 Å². The molecule has 1 aromatic carbocycles. The molecule has 0 saturated carbocycles. The van der Waals surface area contributed by atoms with Gasteiger partial charge in [-0.1, -0.05) is 17.7 Å². The lowest BCUT2D eigenvalue weighted by molar-refractivity contribution is 0.697. The van der Waals surface area contributed by atoms with Crippen LogP contribution in [0.2, 0.25) is 5.02 Å². The Balaban J connectivity index is 1.80. The Morgan fingerprint density at radius 3 is 3.00 bits per heavy atom. The van der Waals surface area contributed by atoms with Gasteiger partial charge in [-0.25, -0.2) is 0 Å². The summed E-state index contributed by atoms with van der Waals surface area (Å²) in [6.07, 6.45) is 1.82. The molecule has 0 unspecified atom stereocenters. The zero-order chi connectivity index (χ0) is 13.1. The first-order chi connectivity index (χ1) is 9.33. The molecule has 0 aliphatic rings. The van der Waals surface area contributed by atoms with E-state index in [-0.39, 0.29) is 0 Å². The molecule has 96 valence electrons. The third-order valence-corrected chi connectivity index (χ3v) is 3.92. The van der Waals surface area contributed by atoms with E-state index in [2.05, 4.69) is 27.1 Å². The second-order valence-electron chi connectivity index (χ2n) is 4.38. The Hall–Kier alpha value is -1.42. The molecule has 0 bridgehead atoms. The Bertz CT molecular complexity index is 680. The van der Waals surface area contributed by atoms with E-state index in [4.69, 9.17) is 11.6 Å². The van der Waals surface area contributed by atoms with Crippen molar-refractivity contribution in [2.24, 2.45) is 0 Å². The highest BCUT2D eigenvalue weighted by Gasteiger charge is 2.04. The normalized spacial score (nSPS) is 11.0. The van der Waals surface area contributed by atoms with Crippen LogP contribution in [-0.4, -0.2) is 4.98 Å². The fourth-order valence-electron chi connectivity index (χ4n) is 2.10. The Morgan fingerprint density at radius 1 is 1.21 bits per heavy atom. The molecule has 3 rings (SSSR count). The molecule has 4 heteroatoms. The summed E-state index contributed by atoms with van der Waals surface area (Å²) in [5.41, 5.74) is 3.47. The lowest BCUT2D eigenvalue weighted by Crippen LogP contribution is -2.12. The molecule has 0 aliphatic heterocycles. The molecular weight excluding hydrogens is 276 g/mol. The van der Waals surface area contributed by atoms with E-state index in [1.54, 1.807) is 11.3 Å². The molecular formula is C15H13ClN2S. The van der Waals surface area contributed by atoms with E-state index in [0.717, 1.165) is 34.6 Å². The van der Waals surface area contributed by atoms with Gasteiger partial charge in [0.1, 0.15) is 0 Å². The molecule has 2 nitrogen and oxygen atoms in total. The smallest absolute Gasteiger partial charge is 0.0747 e. The fourth-order valence-corrected chi connectivity index (χ4v) is 3.01. The van der Waals surface area contributed by atoms with Crippen molar-refractivity contribution in [3.63, 3.8) is 0 Å². The third-order valence-electron chi connectivity index (χ3n) is 2.97. The molecule has 1 N–H and O–H groups in total. The Morgan fingerprint density at radius 2 is 2.16 bits per heavy atom. The van der Waals surface area contributed by atoms with Crippen molar-refractivity contribution < 1.29 is 0 Å². The van der Waals surface area contributed by atoms with E-state index in [9.17, 15) is 0 Å². The maximum atomic E-state index is 6.15. The predicted molar refractivity (Wildman–Crippen MR) is 81.6 cm³/mol. The minimum atomic E-state index is 0.757. The van der Waals surface area contributed by atoms with Crippen LogP contribution >= 0.6 is 22.9 Å². The standard InChI is InChI=1S/C15H13ClN2S/c16-14-6-12-2-1-4-18-15(12)13(7-14)9-17-8-11-3-5-19-10-11/h1-7,10,17H,8-9H2. The van der Waals surface area contributed by atoms with Gasteiger partial charge in [0.15, 0.2) is 0 Å². The molecule has 0 amide bonds. The summed E-state index contributed by atoms with van der Waals surface area (Å²) in [5.74, 6) is 0. The zero-order valence-electron chi connectivity index (χ0n) is 10.3. The van der Waals surface area contributed by atoms with Gasteiger partial charge >= 0.3 is 0 Å². The number of fused-ring (bicyclic) bond motifs is 1. The summed E-state index contributed by atoms with van der Waals surface area (Å²) < 4.78 is 0. The number of benzene rings is 1. The van der Waals surface area contributed by atoms with Gasteiger partial charge in [0, 0.05) is 29.7 Å². The van der Waals surface area contributed by atoms with Crippen molar-refractivity contribution in [1.82, 2.24) is 10.3 Å². The van der Waals surface area contributed by atoms with Crippen molar-refractivity contribution in [3.05, 3.63) is 63.4 Å². The number of nitrogens with one attached hydrogen (secondary N) is 1. The van der Waals surface area contributed by atoms with Crippen molar-refractivity contribution in [2.75, 3.05) is 0 Å². The molecule has 2 heterocycles. The lowest BCUT2D eigenvalue weighted by Gasteiger charge is -2.08. The predicted octanol–water partition coefficient (Wildman–Crippen LogP) is 4.24. The highest BCUT2D eigenvalue weighted by Crippen LogP contribution is 2.22. The summed E-state index contributed by atoms with van der Waals surface area (Å²) in [4.78, 5) is 4.44. The maximum absolute atomic E-state index is 6.15. The van der Waals surface area contributed by atoms with Crippen molar-refractivity contribution in [1.29, 1.82) is 0 Å². The van der Waals surface area contributed by atoms with Gasteiger partial charge in [-0.2, -0.15) is 11.3 Å². The van der Waals surface area contributed by atoms with E-state index < -0.39 is 0 Å². The summed E-state index contributed by atoms with van der Waals surface area (Å²) in [6.45, 7) is 1.63. The number of halogens is 1. The van der Waals surface area contributed by atoms with Crippen LogP contribution < -0.4 is 5.32 Å². The van der Waals surface area contributed by atoms with Gasteiger partial charge in [0.2, 0.25) is 0 Å². The quantitative estimate of drug-likeness (QED) is 0.777. The second-order valence-corrected chi connectivity index (χ2v) is 5.59. The summed E-state index contributed by atoms with van der Waals surface area (Å²) in [6, 6.07) is 10.0. The summed E-state index contributed by atoms with van der Waals surface area (Å²) in [7, 11) is 0. The van der Waals surface area contributed by atoms with Crippen LogP contribution in [0.3, 0.4) is 0 Å². The number of hydrogen-bond acceptors (Lipinski definition) is 3. The van der Waals surface area contributed by atoms with Crippen LogP contribution in [0.5, 0.6) is 0 Å². The maximum Gasteiger partial charge on any atom is 0.0747 e. The molecule has 0 aliphatic carbocycles. The number of thiophene rings is 1. The van der Waals surface area contributed by atoms with Crippen molar-refractivity contribution in [2.45, 2.75) is 13.1 Å². The van der Waals surface area contributed by atoms with E-state index in [1.165, 1.54) is 5.56 Å². The third kappa shape index (κ3) is 2.95. The number of rotatable bonds is 4. The highest BCUT2D eigenvalue weighted by molar-refractivity contribution is 7.07. The van der Waals surface area contributed by atoms with Crippen LogP contribution in [0.15, 0.2) is 47.3 Å². The van der Waals surface area contributed by atoms with Crippen LogP contribution in [0.4, 0.5) is 0 Å². The monoisotopic (exact) mass is 288 g/mol. The Kier molecular flexibility index (Phi) is 3.78. The van der Waals surface area contributed by atoms with Crippen LogP contribution in [0.25, 0.3) is 10.9 Å². The average molecular weight is 289 g/mol. The number of nitrogens with zero attached hydrogens (tertiary/aromatic N) is 1. The molecule has 0 spiro atoms. The average Bonchev–Trinajstić information content (AvgIpc) is 2.91. The molecule has 2 aromatic heterocycles. The molecule has 0 saturated heterocycles. The first-order valence-corrected chi connectivity index (χ1v) is 7.40. The lowest BCUT2D eigenvalue weighted by atomic mass is 10.1. The van der Waals surface area contributed by atoms with E-state index >= 15 is 0 Å². The van der Waals surface area contributed by atoms with E-state index in [1.807, 2.05) is 30.5 Å². The van der Waals surface area contributed by atoms with Crippen molar-refractivity contribution in [3.8, 4) is 0 Å². The van der Waals surface area contributed by atoms with E-state index in [0.29, 0.717) is 0 Å². The molecule has 0 radical (unpaired) electrons. The summed E-state index contributed by atoms with van der Waals surface area (Å²) >= 11 is 7.87. The second kappa shape index (κ2) is 5.70. The zero-order valence-corrected chi connectivity index (χ0v) is 11.8. The SMILES string of the molecule is Clc1cc(CNCc2ccsc2)c2ncccc2c1. The largest absolute Gasteiger partial charge is 0.309 e. The number of pyridine rings is 1. The minimum Gasteiger partial charge on any atom is -0.309 e. The fraction of sp³-hybridized carbons (Fsp3) is 0.133. The Labute approximate surface area is 121 Å². The number of aromatic nitrogens is 1. The summed E-state index contributed by atoms with van der Waals surface area (Å²) in [5, 5.41) is 9.52. The molecule has 3 aromatic rings. The first kappa shape index (κ1) is 12.6. The van der Waals surface area contributed by atoms with Crippen molar-refractivity contribution >= 4 is 33.8 Å². The van der Waals surface area contributed by atoms with Gasteiger partial charge in [-0.15, -0.1) is 0 Å².